The van der Waals surface area contributed by atoms with E-state index in [1.54, 1.807) is 0 Å². The standard InChI is InChI=1S/C53H102NO8P/c1-3-5-7-9-11-13-15-17-19-21-23-24-25-26-28-30-32-34-36-38-40-42-44-46-53(57)60-49-51(55)50-62-63(58,59)61-48-47-54-52(56)45-43-41-39-37-35-33-31-29-27-22-20-18-16-14-12-10-8-6-4-2/h12,14,18,20,51,55H,3-11,13,15-17,19,21-50H2,1-2H3,(H,54,56)(H,58,59)/b14-12-,20-18-. The fourth-order valence-electron chi connectivity index (χ4n) is 7.83. The summed E-state index contributed by atoms with van der Waals surface area (Å²) in [4.78, 5) is 34.1. The van der Waals surface area contributed by atoms with Gasteiger partial charge >= 0.3 is 13.8 Å². The number of ether oxygens (including phenoxy) is 1. The van der Waals surface area contributed by atoms with Crippen molar-refractivity contribution in [2.24, 2.45) is 0 Å². The Hall–Kier alpha value is -1.51. The lowest BCUT2D eigenvalue weighted by Gasteiger charge is -2.15. The first-order valence-electron chi connectivity index (χ1n) is 26.8. The molecule has 0 saturated carbocycles. The molecular formula is C53H102NO8P. The van der Waals surface area contributed by atoms with Crippen molar-refractivity contribution in [2.45, 2.75) is 277 Å². The maximum Gasteiger partial charge on any atom is 0.472 e. The largest absolute Gasteiger partial charge is 0.472 e. The first-order chi connectivity index (χ1) is 30.8. The van der Waals surface area contributed by atoms with Crippen LogP contribution in [-0.4, -0.2) is 54.3 Å². The van der Waals surface area contributed by atoms with Crippen LogP contribution in [0.25, 0.3) is 0 Å². The van der Waals surface area contributed by atoms with Crippen LogP contribution in [0, 0.1) is 0 Å². The molecule has 2 atom stereocenters. The summed E-state index contributed by atoms with van der Waals surface area (Å²) in [6, 6.07) is 0. The minimum Gasteiger partial charge on any atom is -0.463 e. The van der Waals surface area contributed by atoms with Gasteiger partial charge in [-0.25, -0.2) is 4.57 Å². The minimum atomic E-state index is -4.42. The number of phosphoric ester groups is 1. The van der Waals surface area contributed by atoms with Crippen molar-refractivity contribution in [1.82, 2.24) is 5.32 Å². The number of esters is 1. The lowest BCUT2D eigenvalue weighted by Crippen LogP contribution is -2.27. The highest BCUT2D eigenvalue weighted by Crippen LogP contribution is 2.42. The molecule has 0 heterocycles. The highest BCUT2D eigenvalue weighted by atomic mass is 31.2. The highest BCUT2D eigenvalue weighted by molar-refractivity contribution is 7.47. The Bertz CT molecular complexity index is 1090. The average Bonchev–Trinajstić information content (AvgIpc) is 3.27. The van der Waals surface area contributed by atoms with Gasteiger partial charge < -0.3 is 20.1 Å². The smallest absolute Gasteiger partial charge is 0.463 e. The Morgan fingerprint density at radius 2 is 0.857 bits per heavy atom. The van der Waals surface area contributed by atoms with E-state index < -0.39 is 26.5 Å². The summed E-state index contributed by atoms with van der Waals surface area (Å²) >= 11 is 0. The molecule has 10 heteroatoms. The predicted molar refractivity (Wildman–Crippen MR) is 266 cm³/mol. The summed E-state index contributed by atoms with van der Waals surface area (Å²) in [5.41, 5.74) is 0. The maximum atomic E-state index is 12.2. The number of nitrogens with one attached hydrogen (secondary N) is 1. The van der Waals surface area contributed by atoms with Crippen molar-refractivity contribution in [1.29, 1.82) is 0 Å². The van der Waals surface area contributed by atoms with Gasteiger partial charge in [-0.15, -0.1) is 0 Å². The molecule has 372 valence electrons. The van der Waals surface area contributed by atoms with Crippen molar-refractivity contribution in [2.75, 3.05) is 26.4 Å². The summed E-state index contributed by atoms with van der Waals surface area (Å²) in [6.07, 6.45) is 56.9. The zero-order valence-corrected chi connectivity index (χ0v) is 42.2. The summed E-state index contributed by atoms with van der Waals surface area (Å²) < 4.78 is 27.0. The van der Waals surface area contributed by atoms with E-state index in [2.05, 4.69) is 43.5 Å². The number of aliphatic hydroxyl groups excluding tert-OH is 1. The number of hydrogen-bond donors (Lipinski definition) is 3. The molecule has 2 unspecified atom stereocenters. The normalized spacial score (nSPS) is 13.3. The number of amides is 1. The number of phosphoric acid groups is 1. The number of carbonyl (C=O) groups is 2. The topological polar surface area (TPSA) is 131 Å². The maximum absolute atomic E-state index is 12.2. The molecular weight excluding hydrogens is 810 g/mol. The molecule has 9 nitrogen and oxygen atoms in total. The van der Waals surface area contributed by atoms with Crippen molar-refractivity contribution in [3.8, 4) is 0 Å². The summed E-state index contributed by atoms with van der Waals surface area (Å²) in [5.74, 6) is -0.508. The van der Waals surface area contributed by atoms with Crippen molar-refractivity contribution < 1.29 is 37.9 Å². The highest BCUT2D eigenvalue weighted by Gasteiger charge is 2.23. The first kappa shape index (κ1) is 61.5. The lowest BCUT2D eigenvalue weighted by atomic mass is 10.0. The van der Waals surface area contributed by atoms with Gasteiger partial charge in [0.25, 0.3) is 0 Å². The molecule has 0 rings (SSSR count). The van der Waals surface area contributed by atoms with E-state index in [9.17, 15) is 24.2 Å². The van der Waals surface area contributed by atoms with Crippen LogP contribution in [-0.2, 0) is 27.9 Å². The Balaban J connectivity index is 3.51. The van der Waals surface area contributed by atoms with E-state index in [-0.39, 0.29) is 32.1 Å². The monoisotopic (exact) mass is 912 g/mol. The van der Waals surface area contributed by atoms with Crippen molar-refractivity contribution in [3.63, 3.8) is 0 Å². The van der Waals surface area contributed by atoms with Gasteiger partial charge in [0.15, 0.2) is 0 Å². The molecule has 0 radical (unpaired) electrons. The fraction of sp³-hybridized carbons (Fsp3) is 0.887. The summed E-state index contributed by atoms with van der Waals surface area (Å²) in [7, 11) is -4.42. The van der Waals surface area contributed by atoms with Crippen LogP contribution in [0.3, 0.4) is 0 Å². The third kappa shape index (κ3) is 51.3. The molecule has 63 heavy (non-hydrogen) atoms. The Kier molecular flexibility index (Phi) is 48.7. The molecule has 0 saturated heterocycles. The van der Waals surface area contributed by atoms with E-state index in [0.29, 0.717) is 6.42 Å². The number of allylic oxidation sites excluding steroid dienone is 4. The lowest BCUT2D eigenvalue weighted by molar-refractivity contribution is -0.147. The van der Waals surface area contributed by atoms with Gasteiger partial charge in [0.1, 0.15) is 12.7 Å². The molecule has 0 spiro atoms. The van der Waals surface area contributed by atoms with Crippen LogP contribution in [0.1, 0.15) is 271 Å². The third-order valence-corrected chi connectivity index (χ3v) is 12.9. The molecule has 0 aromatic heterocycles. The van der Waals surface area contributed by atoms with Gasteiger partial charge in [0.2, 0.25) is 5.91 Å². The van der Waals surface area contributed by atoms with Gasteiger partial charge in [0.05, 0.1) is 13.2 Å². The molecule has 1 amide bonds. The van der Waals surface area contributed by atoms with E-state index >= 15 is 0 Å². The van der Waals surface area contributed by atoms with Crippen LogP contribution >= 0.6 is 7.82 Å². The van der Waals surface area contributed by atoms with E-state index in [1.165, 1.54) is 199 Å². The summed E-state index contributed by atoms with van der Waals surface area (Å²) in [5, 5.41) is 12.8. The number of aliphatic hydroxyl groups is 1. The van der Waals surface area contributed by atoms with Crippen LogP contribution in [0.5, 0.6) is 0 Å². The molecule has 3 N–H and O–H groups in total. The second kappa shape index (κ2) is 49.9. The Morgan fingerprint density at radius 3 is 1.30 bits per heavy atom. The van der Waals surface area contributed by atoms with E-state index in [0.717, 1.165) is 44.9 Å². The van der Waals surface area contributed by atoms with Gasteiger partial charge in [0, 0.05) is 19.4 Å². The van der Waals surface area contributed by atoms with Crippen LogP contribution in [0.15, 0.2) is 24.3 Å². The molecule has 0 aromatic carbocycles. The predicted octanol–water partition coefficient (Wildman–Crippen LogP) is 15.9. The van der Waals surface area contributed by atoms with Crippen LogP contribution < -0.4 is 5.32 Å². The second-order valence-corrected chi connectivity index (χ2v) is 19.7. The second-order valence-electron chi connectivity index (χ2n) is 18.2. The Labute approximate surface area is 389 Å². The molecule has 0 aliphatic carbocycles. The van der Waals surface area contributed by atoms with Crippen molar-refractivity contribution in [3.05, 3.63) is 24.3 Å². The Morgan fingerprint density at radius 1 is 0.492 bits per heavy atom. The van der Waals surface area contributed by atoms with Gasteiger partial charge in [-0.1, -0.05) is 237 Å². The number of hydrogen-bond acceptors (Lipinski definition) is 7. The van der Waals surface area contributed by atoms with Gasteiger partial charge in [-0.2, -0.15) is 0 Å². The quantitative estimate of drug-likeness (QED) is 0.0238. The first-order valence-corrected chi connectivity index (χ1v) is 28.3. The number of unbranched alkanes of at least 4 members (excludes halogenated alkanes) is 34. The molecule has 0 fully saturated rings. The SMILES string of the molecule is CCCCC/C=C\C/C=C\CCCCCCCCCCCC(=O)NCCOP(=O)(O)OCC(O)COC(=O)CCCCCCCCCCCCCCCCCCCCCCCCC. The van der Waals surface area contributed by atoms with Crippen LogP contribution in [0.4, 0.5) is 0 Å². The van der Waals surface area contributed by atoms with E-state index in [4.69, 9.17) is 13.8 Å². The van der Waals surface area contributed by atoms with Crippen molar-refractivity contribution >= 4 is 19.7 Å². The zero-order valence-electron chi connectivity index (χ0n) is 41.3. The van der Waals surface area contributed by atoms with Gasteiger partial charge in [-0.05, 0) is 44.9 Å². The molecule has 0 aromatic rings. The zero-order chi connectivity index (χ0) is 46.0. The van der Waals surface area contributed by atoms with Gasteiger partial charge in [-0.3, -0.25) is 18.6 Å². The van der Waals surface area contributed by atoms with Crippen LogP contribution in [0.2, 0.25) is 0 Å². The molecule has 0 aliphatic heterocycles. The number of rotatable bonds is 51. The molecule has 0 bridgehead atoms. The fourth-order valence-corrected chi connectivity index (χ4v) is 8.58. The summed E-state index contributed by atoms with van der Waals surface area (Å²) in [6.45, 7) is 3.58. The molecule has 0 aliphatic rings. The minimum absolute atomic E-state index is 0.0818. The third-order valence-electron chi connectivity index (χ3n) is 11.9. The number of carbonyl (C=O) groups excluding carboxylic acids is 2. The van der Waals surface area contributed by atoms with E-state index in [1.807, 2.05) is 0 Å². The average molecular weight is 912 g/mol.